The first-order valence-electron chi connectivity index (χ1n) is 7.53. The summed E-state index contributed by atoms with van der Waals surface area (Å²) >= 11 is 0. The van der Waals surface area contributed by atoms with Gasteiger partial charge in [0.15, 0.2) is 11.8 Å². The van der Waals surface area contributed by atoms with Crippen LogP contribution in [0.2, 0.25) is 0 Å². The topological polar surface area (TPSA) is 66.5 Å². The molecule has 0 amide bonds. The third-order valence-corrected chi connectivity index (χ3v) is 4.42. The van der Waals surface area contributed by atoms with Crippen LogP contribution < -0.4 is 5.32 Å². The van der Waals surface area contributed by atoms with Gasteiger partial charge in [-0.1, -0.05) is 11.6 Å². The van der Waals surface area contributed by atoms with Crippen molar-refractivity contribution in [2.75, 3.05) is 19.6 Å². The maximum Gasteiger partial charge on any atom is 0.248 e. The molecule has 0 bridgehead atoms. The summed E-state index contributed by atoms with van der Waals surface area (Å²) in [6.07, 6.45) is 5.46. The Morgan fingerprint density at radius 1 is 1.45 bits per heavy atom. The van der Waals surface area contributed by atoms with E-state index < -0.39 is 0 Å². The molecule has 0 unspecified atom stereocenters. The predicted molar refractivity (Wildman–Crippen MR) is 76.3 cm³/mol. The lowest BCUT2D eigenvalue weighted by atomic mass is 9.68. The molecular formula is C14H23N5O. The minimum atomic E-state index is 0.451. The SMILES string of the molecule is CCNC(=NCc1nc(C)no1)N1CCC2(CCC2)C1. The van der Waals surface area contributed by atoms with E-state index in [0.717, 1.165) is 25.6 Å². The molecule has 1 aliphatic carbocycles. The van der Waals surface area contributed by atoms with Gasteiger partial charge in [0.2, 0.25) is 5.89 Å². The Labute approximate surface area is 119 Å². The Hall–Kier alpha value is -1.59. The lowest BCUT2D eigenvalue weighted by Crippen LogP contribution is -2.42. The van der Waals surface area contributed by atoms with Crippen molar-refractivity contribution in [3.8, 4) is 0 Å². The maximum atomic E-state index is 5.11. The van der Waals surface area contributed by atoms with Gasteiger partial charge < -0.3 is 14.7 Å². The summed E-state index contributed by atoms with van der Waals surface area (Å²) in [4.78, 5) is 11.2. The van der Waals surface area contributed by atoms with Crippen LogP contribution >= 0.6 is 0 Å². The Kier molecular flexibility index (Phi) is 3.63. The first-order chi connectivity index (χ1) is 9.71. The molecule has 6 nitrogen and oxygen atoms in total. The molecule has 2 fully saturated rings. The summed E-state index contributed by atoms with van der Waals surface area (Å²) in [5.41, 5.74) is 0.581. The Bertz CT molecular complexity index is 492. The highest BCUT2D eigenvalue weighted by Gasteiger charge is 2.43. The van der Waals surface area contributed by atoms with Gasteiger partial charge >= 0.3 is 0 Å². The van der Waals surface area contributed by atoms with Crippen LogP contribution in [0.25, 0.3) is 0 Å². The second kappa shape index (κ2) is 5.42. The maximum absolute atomic E-state index is 5.11. The van der Waals surface area contributed by atoms with E-state index in [9.17, 15) is 0 Å². The molecule has 1 N–H and O–H groups in total. The van der Waals surface area contributed by atoms with E-state index in [1.165, 1.54) is 25.7 Å². The molecule has 1 saturated carbocycles. The molecule has 1 saturated heterocycles. The van der Waals surface area contributed by atoms with Crippen molar-refractivity contribution in [3.63, 3.8) is 0 Å². The van der Waals surface area contributed by atoms with Crippen LogP contribution in [0.3, 0.4) is 0 Å². The summed E-state index contributed by atoms with van der Waals surface area (Å²) in [7, 11) is 0. The number of aromatic nitrogens is 2. The van der Waals surface area contributed by atoms with E-state index in [4.69, 9.17) is 4.52 Å². The van der Waals surface area contributed by atoms with E-state index >= 15 is 0 Å². The number of rotatable bonds is 3. The fourth-order valence-corrected chi connectivity index (χ4v) is 3.17. The Morgan fingerprint density at radius 3 is 2.85 bits per heavy atom. The number of nitrogens with zero attached hydrogens (tertiary/aromatic N) is 4. The largest absolute Gasteiger partial charge is 0.357 e. The van der Waals surface area contributed by atoms with Crippen LogP contribution in [0.1, 0.15) is 44.3 Å². The molecule has 2 heterocycles. The van der Waals surface area contributed by atoms with Gasteiger partial charge in [-0.05, 0) is 38.5 Å². The summed E-state index contributed by atoms with van der Waals surface area (Å²) in [5.74, 6) is 2.22. The van der Waals surface area contributed by atoms with Crippen LogP contribution in [0.4, 0.5) is 0 Å². The highest BCUT2D eigenvalue weighted by molar-refractivity contribution is 5.80. The normalized spacial score (nSPS) is 21.3. The van der Waals surface area contributed by atoms with E-state index in [2.05, 4.69) is 32.3 Å². The smallest absolute Gasteiger partial charge is 0.248 e. The zero-order chi connectivity index (χ0) is 14.0. The molecule has 1 aromatic rings. The number of aliphatic imine (C=N–C) groups is 1. The lowest BCUT2D eigenvalue weighted by molar-refractivity contribution is 0.151. The van der Waals surface area contributed by atoms with Crippen molar-refractivity contribution in [2.45, 2.75) is 46.1 Å². The minimum Gasteiger partial charge on any atom is -0.357 e. The molecule has 1 spiro atoms. The molecule has 20 heavy (non-hydrogen) atoms. The first kappa shape index (κ1) is 13.4. The third-order valence-electron chi connectivity index (χ3n) is 4.42. The van der Waals surface area contributed by atoms with Crippen LogP contribution in [0.15, 0.2) is 9.52 Å². The van der Waals surface area contributed by atoms with Crippen molar-refractivity contribution in [3.05, 3.63) is 11.7 Å². The molecule has 6 heteroatoms. The van der Waals surface area contributed by atoms with Crippen molar-refractivity contribution >= 4 is 5.96 Å². The second-order valence-electron chi connectivity index (χ2n) is 5.93. The molecule has 0 radical (unpaired) electrons. The summed E-state index contributed by atoms with van der Waals surface area (Å²) in [6, 6.07) is 0. The number of hydrogen-bond acceptors (Lipinski definition) is 4. The quantitative estimate of drug-likeness (QED) is 0.673. The standard InChI is InChI=1S/C14H23N5O/c1-3-15-13(16-9-12-17-11(2)18-20-12)19-8-7-14(10-19)5-4-6-14/h3-10H2,1-2H3,(H,15,16). The molecule has 1 aromatic heterocycles. The zero-order valence-electron chi connectivity index (χ0n) is 12.4. The van der Waals surface area contributed by atoms with E-state index in [-0.39, 0.29) is 0 Å². The molecule has 110 valence electrons. The molecule has 0 atom stereocenters. The molecular weight excluding hydrogens is 254 g/mol. The second-order valence-corrected chi connectivity index (χ2v) is 5.93. The van der Waals surface area contributed by atoms with Gasteiger partial charge in [-0.25, -0.2) is 4.99 Å². The number of aryl methyl sites for hydroxylation is 1. The average Bonchev–Trinajstić information content (AvgIpc) is 3.00. The van der Waals surface area contributed by atoms with Crippen molar-refractivity contribution in [1.82, 2.24) is 20.4 Å². The average molecular weight is 277 g/mol. The fourth-order valence-electron chi connectivity index (χ4n) is 3.17. The van der Waals surface area contributed by atoms with Gasteiger partial charge in [0.05, 0.1) is 0 Å². The van der Waals surface area contributed by atoms with E-state index in [0.29, 0.717) is 23.7 Å². The molecule has 0 aromatic carbocycles. The number of nitrogens with one attached hydrogen (secondary N) is 1. The number of guanidine groups is 1. The molecule has 2 aliphatic rings. The first-order valence-corrected chi connectivity index (χ1v) is 7.53. The summed E-state index contributed by atoms with van der Waals surface area (Å²) < 4.78 is 5.11. The summed E-state index contributed by atoms with van der Waals surface area (Å²) in [5, 5.41) is 7.17. The van der Waals surface area contributed by atoms with Gasteiger partial charge in [0.25, 0.3) is 0 Å². The number of likely N-dealkylation sites (tertiary alicyclic amines) is 1. The van der Waals surface area contributed by atoms with Gasteiger partial charge in [-0.2, -0.15) is 4.98 Å². The van der Waals surface area contributed by atoms with Gasteiger partial charge in [0.1, 0.15) is 6.54 Å². The van der Waals surface area contributed by atoms with Gasteiger partial charge in [-0.15, -0.1) is 0 Å². The van der Waals surface area contributed by atoms with Crippen LogP contribution in [-0.4, -0.2) is 40.6 Å². The Morgan fingerprint density at radius 2 is 2.30 bits per heavy atom. The van der Waals surface area contributed by atoms with Crippen molar-refractivity contribution in [2.24, 2.45) is 10.4 Å². The minimum absolute atomic E-state index is 0.451. The van der Waals surface area contributed by atoms with E-state index in [1.807, 2.05) is 6.92 Å². The van der Waals surface area contributed by atoms with Crippen LogP contribution in [-0.2, 0) is 6.54 Å². The fraction of sp³-hybridized carbons (Fsp3) is 0.786. The van der Waals surface area contributed by atoms with Gasteiger partial charge in [0, 0.05) is 19.6 Å². The Balaban J connectivity index is 1.65. The molecule has 1 aliphatic heterocycles. The molecule has 3 rings (SSSR count). The van der Waals surface area contributed by atoms with Crippen molar-refractivity contribution < 1.29 is 4.52 Å². The highest BCUT2D eigenvalue weighted by Crippen LogP contribution is 2.47. The third kappa shape index (κ3) is 2.64. The monoisotopic (exact) mass is 277 g/mol. The van der Waals surface area contributed by atoms with Gasteiger partial charge in [-0.3, -0.25) is 0 Å². The zero-order valence-corrected chi connectivity index (χ0v) is 12.4. The summed E-state index contributed by atoms with van der Waals surface area (Å²) in [6.45, 7) is 7.50. The van der Waals surface area contributed by atoms with E-state index in [1.54, 1.807) is 0 Å². The predicted octanol–water partition coefficient (Wildman–Crippen LogP) is 1.72. The lowest BCUT2D eigenvalue weighted by Gasteiger charge is -2.38. The van der Waals surface area contributed by atoms with Crippen molar-refractivity contribution in [1.29, 1.82) is 0 Å². The number of hydrogen-bond donors (Lipinski definition) is 1. The highest BCUT2D eigenvalue weighted by atomic mass is 16.5. The van der Waals surface area contributed by atoms with Crippen LogP contribution in [0.5, 0.6) is 0 Å². The van der Waals surface area contributed by atoms with Crippen LogP contribution in [0, 0.1) is 12.3 Å².